The summed E-state index contributed by atoms with van der Waals surface area (Å²) < 4.78 is 5.29. The summed E-state index contributed by atoms with van der Waals surface area (Å²) in [6.45, 7) is 2.04. The minimum absolute atomic E-state index is 0.140. The first-order chi connectivity index (χ1) is 6.69. The van der Waals surface area contributed by atoms with Crippen molar-refractivity contribution in [3.63, 3.8) is 0 Å². The third-order valence-corrected chi connectivity index (χ3v) is 2.63. The number of ether oxygens (including phenoxy) is 1. The molecule has 0 aliphatic carbocycles. The van der Waals surface area contributed by atoms with Gasteiger partial charge in [0.25, 0.3) is 0 Å². The van der Waals surface area contributed by atoms with E-state index in [-0.39, 0.29) is 12.1 Å². The molecule has 2 unspecified atom stereocenters. The molecule has 14 heavy (non-hydrogen) atoms. The molecule has 0 fully saturated rings. The summed E-state index contributed by atoms with van der Waals surface area (Å²) >= 11 is 5.82. The molecule has 0 saturated heterocycles. The number of methoxy groups -OCH3 is 1. The maximum atomic E-state index is 5.82. The zero-order valence-electron chi connectivity index (χ0n) is 8.75. The molecule has 0 radical (unpaired) electrons. The van der Waals surface area contributed by atoms with Crippen LogP contribution < -0.4 is 5.32 Å². The molecule has 0 saturated carbocycles. The van der Waals surface area contributed by atoms with Gasteiger partial charge in [-0.15, -0.1) is 0 Å². The Morgan fingerprint density at radius 3 is 2.29 bits per heavy atom. The van der Waals surface area contributed by atoms with Crippen molar-refractivity contribution in [3.05, 3.63) is 34.9 Å². The normalized spacial score (nSPS) is 15.1. The van der Waals surface area contributed by atoms with Crippen molar-refractivity contribution >= 4 is 11.6 Å². The lowest BCUT2D eigenvalue weighted by Gasteiger charge is -2.22. The molecule has 0 aromatic heterocycles. The van der Waals surface area contributed by atoms with Gasteiger partial charge in [0.1, 0.15) is 0 Å². The Bertz CT molecular complexity index is 273. The lowest BCUT2D eigenvalue weighted by Crippen LogP contribution is -2.28. The van der Waals surface area contributed by atoms with Crippen LogP contribution in [0.2, 0.25) is 5.02 Å². The lowest BCUT2D eigenvalue weighted by atomic mass is 10.0. The van der Waals surface area contributed by atoms with Crippen LogP contribution in [-0.2, 0) is 4.74 Å². The number of nitrogens with one attached hydrogen (secondary N) is 1. The molecule has 1 N–H and O–H groups in total. The zero-order chi connectivity index (χ0) is 10.6. The lowest BCUT2D eigenvalue weighted by molar-refractivity contribution is 0.0857. The fraction of sp³-hybridized carbons (Fsp3) is 0.455. The standard InChI is InChI=1S/C11H16ClNO/c1-8(14-3)11(13-2)9-4-6-10(12)7-5-9/h4-8,11,13H,1-3H3. The van der Waals surface area contributed by atoms with Crippen LogP contribution in [0.1, 0.15) is 18.5 Å². The van der Waals surface area contributed by atoms with Crippen LogP contribution in [0.15, 0.2) is 24.3 Å². The molecule has 3 heteroatoms. The largest absolute Gasteiger partial charge is 0.380 e. The van der Waals surface area contributed by atoms with E-state index < -0.39 is 0 Å². The Balaban J connectivity index is 2.84. The van der Waals surface area contributed by atoms with Crippen LogP contribution in [0, 0.1) is 0 Å². The van der Waals surface area contributed by atoms with Crippen molar-refractivity contribution in [2.75, 3.05) is 14.2 Å². The van der Waals surface area contributed by atoms with Gasteiger partial charge in [-0.2, -0.15) is 0 Å². The molecule has 0 amide bonds. The fourth-order valence-corrected chi connectivity index (χ4v) is 1.60. The van der Waals surface area contributed by atoms with Crippen molar-refractivity contribution in [2.24, 2.45) is 0 Å². The van der Waals surface area contributed by atoms with Gasteiger partial charge in [0.2, 0.25) is 0 Å². The Hall–Kier alpha value is -0.570. The topological polar surface area (TPSA) is 21.3 Å². The van der Waals surface area contributed by atoms with Crippen molar-refractivity contribution in [1.82, 2.24) is 5.32 Å². The van der Waals surface area contributed by atoms with Gasteiger partial charge in [-0.1, -0.05) is 23.7 Å². The van der Waals surface area contributed by atoms with Gasteiger partial charge < -0.3 is 10.1 Å². The van der Waals surface area contributed by atoms with Crippen molar-refractivity contribution in [1.29, 1.82) is 0 Å². The van der Waals surface area contributed by atoms with Gasteiger partial charge in [0, 0.05) is 12.1 Å². The fourth-order valence-electron chi connectivity index (χ4n) is 1.48. The molecule has 0 spiro atoms. The summed E-state index contributed by atoms with van der Waals surface area (Å²) in [7, 11) is 3.64. The molecule has 2 atom stereocenters. The molecule has 1 aromatic rings. The number of halogens is 1. The average Bonchev–Trinajstić information content (AvgIpc) is 2.21. The van der Waals surface area contributed by atoms with Gasteiger partial charge in [-0.05, 0) is 31.7 Å². The highest BCUT2D eigenvalue weighted by Gasteiger charge is 2.16. The highest BCUT2D eigenvalue weighted by atomic mass is 35.5. The molecular weight excluding hydrogens is 198 g/mol. The maximum absolute atomic E-state index is 5.82. The second-order valence-corrected chi connectivity index (χ2v) is 3.70. The van der Waals surface area contributed by atoms with Gasteiger partial charge in [-0.3, -0.25) is 0 Å². The van der Waals surface area contributed by atoms with E-state index in [2.05, 4.69) is 5.32 Å². The van der Waals surface area contributed by atoms with E-state index in [0.29, 0.717) is 0 Å². The number of hydrogen-bond donors (Lipinski definition) is 1. The third kappa shape index (κ3) is 2.71. The summed E-state index contributed by atoms with van der Waals surface area (Å²) in [5.41, 5.74) is 1.19. The molecule has 1 rings (SSSR count). The predicted molar refractivity (Wildman–Crippen MR) is 59.7 cm³/mol. The molecule has 0 heterocycles. The molecule has 0 aliphatic heterocycles. The summed E-state index contributed by atoms with van der Waals surface area (Å²) in [6, 6.07) is 8.02. The van der Waals surface area contributed by atoms with Gasteiger partial charge in [-0.25, -0.2) is 0 Å². The van der Waals surface area contributed by atoms with E-state index in [1.807, 2.05) is 38.2 Å². The average molecular weight is 214 g/mol. The van der Waals surface area contributed by atoms with Crippen molar-refractivity contribution < 1.29 is 4.74 Å². The van der Waals surface area contributed by atoms with Crippen LogP contribution in [0.3, 0.4) is 0 Å². The molecule has 0 aliphatic rings. The van der Waals surface area contributed by atoms with E-state index in [1.54, 1.807) is 7.11 Å². The number of benzene rings is 1. The summed E-state index contributed by atoms with van der Waals surface area (Å²) in [5.74, 6) is 0. The highest BCUT2D eigenvalue weighted by Crippen LogP contribution is 2.20. The Morgan fingerprint density at radius 2 is 1.86 bits per heavy atom. The highest BCUT2D eigenvalue weighted by molar-refractivity contribution is 6.30. The number of likely N-dealkylation sites (N-methyl/N-ethyl adjacent to an activating group) is 1. The van der Waals surface area contributed by atoms with Crippen LogP contribution in [0.25, 0.3) is 0 Å². The quantitative estimate of drug-likeness (QED) is 0.831. The summed E-state index contributed by atoms with van der Waals surface area (Å²) in [5, 5.41) is 3.98. The third-order valence-electron chi connectivity index (χ3n) is 2.38. The van der Waals surface area contributed by atoms with E-state index in [9.17, 15) is 0 Å². The second kappa shape index (κ2) is 5.35. The van der Waals surface area contributed by atoms with Gasteiger partial charge >= 0.3 is 0 Å². The first-order valence-corrected chi connectivity index (χ1v) is 5.02. The summed E-state index contributed by atoms with van der Waals surface area (Å²) in [6.07, 6.45) is 0.140. The van der Waals surface area contributed by atoms with Crippen LogP contribution in [0.4, 0.5) is 0 Å². The monoisotopic (exact) mass is 213 g/mol. The SMILES string of the molecule is CNC(c1ccc(Cl)cc1)C(C)OC. The Labute approximate surface area is 90.2 Å². The van der Waals surface area contributed by atoms with Crippen LogP contribution in [-0.4, -0.2) is 20.3 Å². The van der Waals surface area contributed by atoms with E-state index >= 15 is 0 Å². The molecule has 1 aromatic carbocycles. The van der Waals surface area contributed by atoms with Crippen LogP contribution >= 0.6 is 11.6 Å². The van der Waals surface area contributed by atoms with Crippen molar-refractivity contribution in [3.8, 4) is 0 Å². The zero-order valence-corrected chi connectivity index (χ0v) is 9.51. The van der Waals surface area contributed by atoms with Crippen LogP contribution in [0.5, 0.6) is 0 Å². The Kier molecular flexibility index (Phi) is 4.39. The van der Waals surface area contributed by atoms with Gasteiger partial charge in [0.05, 0.1) is 12.1 Å². The van der Waals surface area contributed by atoms with E-state index in [4.69, 9.17) is 16.3 Å². The predicted octanol–water partition coefficient (Wildman–Crippen LogP) is 2.64. The van der Waals surface area contributed by atoms with Crippen molar-refractivity contribution in [2.45, 2.75) is 19.1 Å². The van der Waals surface area contributed by atoms with E-state index in [1.165, 1.54) is 5.56 Å². The first kappa shape index (κ1) is 11.5. The number of hydrogen-bond acceptors (Lipinski definition) is 2. The molecular formula is C11H16ClNO. The second-order valence-electron chi connectivity index (χ2n) is 3.26. The maximum Gasteiger partial charge on any atom is 0.0737 e. The number of rotatable bonds is 4. The first-order valence-electron chi connectivity index (χ1n) is 4.64. The van der Waals surface area contributed by atoms with E-state index in [0.717, 1.165) is 5.02 Å². The molecule has 78 valence electrons. The smallest absolute Gasteiger partial charge is 0.0737 e. The Morgan fingerprint density at radius 1 is 1.29 bits per heavy atom. The minimum Gasteiger partial charge on any atom is -0.380 e. The summed E-state index contributed by atoms with van der Waals surface area (Å²) in [4.78, 5) is 0. The van der Waals surface area contributed by atoms with Gasteiger partial charge in [0.15, 0.2) is 0 Å². The molecule has 0 bridgehead atoms. The minimum atomic E-state index is 0.140. The molecule has 2 nitrogen and oxygen atoms in total.